The van der Waals surface area contributed by atoms with Gasteiger partial charge in [0.05, 0.1) is 0 Å². The zero-order valence-electron chi connectivity index (χ0n) is 10.4. The smallest absolute Gasteiger partial charge is 0.138 e. The first kappa shape index (κ1) is 11.7. The lowest BCUT2D eigenvalue weighted by molar-refractivity contribution is 0.549. The van der Waals surface area contributed by atoms with Crippen LogP contribution in [0.3, 0.4) is 0 Å². The van der Waals surface area contributed by atoms with E-state index < -0.39 is 0 Å². The normalized spacial score (nSPS) is 12.6. The van der Waals surface area contributed by atoms with Gasteiger partial charge in [0.25, 0.3) is 0 Å². The predicted molar refractivity (Wildman–Crippen MR) is 65.5 cm³/mol. The number of likely N-dealkylation sites (N-methyl/N-ethyl adjacent to an activating group) is 1. The fourth-order valence-electron chi connectivity index (χ4n) is 1.92. The highest BCUT2D eigenvalue weighted by Crippen LogP contribution is 2.18. The van der Waals surface area contributed by atoms with Gasteiger partial charge in [-0.1, -0.05) is 6.07 Å². The molecule has 0 aliphatic heterocycles. The zero-order valence-corrected chi connectivity index (χ0v) is 10.4. The Labute approximate surface area is 101 Å². The standard InChI is InChI=1S/C12H17N5/c1-9-10(5-4-6-14-9)11(13-2)7-12-15-8-16-17(12)3/h4-6,8,11,13H,7H2,1-3H3. The summed E-state index contributed by atoms with van der Waals surface area (Å²) >= 11 is 0. The van der Waals surface area contributed by atoms with Gasteiger partial charge in [0.2, 0.25) is 0 Å². The van der Waals surface area contributed by atoms with E-state index in [0.717, 1.165) is 17.9 Å². The van der Waals surface area contributed by atoms with Crippen LogP contribution < -0.4 is 5.32 Å². The second-order valence-corrected chi connectivity index (χ2v) is 4.02. The Balaban J connectivity index is 2.23. The van der Waals surface area contributed by atoms with E-state index in [4.69, 9.17) is 0 Å². The van der Waals surface area contributed by atoms with Crippen LogP contribution in [0.25, 0.3) is 0 Å². The van der Waals surface area contributed by atoms with Crippen molar-refractivity contribution in [2.45, 2.75) is 19.4 Å². The minimum Gasteiger partial charge on any atom is -0.313 e. The summed E-state index contributed by atoms with van der Waals surface area (Å²) in [7, 11) is 3.86. The summed E-state index contributed by atoms with van der Waals surface area (Å²) in [6, 6.07) is 4.27. The van der Waals surface area contributed by atoms with Crippen molar-refractivity contribution in [2.75, 3.05) is 7.05 Å². The second kappa shape index (κ2) is 5.05. The fourth-order valence-corrected chi connectivity index (χ4v) is 1.92. The molecule has 2 rings (SSSR count). The van der Waals surface area contributed by atoms with Crippen LogP contribution in [0.5, 0.6) is 0 Å². The molecule has 0 amide bonds. The monoisotopic (exact) mass is 231 g/mol. The third kappa shape index (κ3) is 2.50. The van der Waals surface area contributed by atoms with Crippen molar-refractivity contribution in [1.29, 1.82) is 0 Å². The molecule has 1 unspecified atom stereocenters. The summed E-state index contributed by atoms with van der Waals surface area (Å²) in [5.41, 5.74) is 2.26. The molecule has 2 aromatic heterocycles. The van der Waals surface area contributed by atoms with E-state index in [1.54, 1.807) is 11.0 Å². The van der Waals surface area contributed by atoms with E-state index in [9.17, 15) is 0 Å². The number of aryl methyl sites for hydroxylation is 2. The molecule has 5 nitrogen and oxygen atoms in total. The van der Waals surface area contributed by atoms with Gasteiger partial charge in [-0.2, -0.15) is 5.10 Å². The molecule has 0 bridgehead atoms. The van der Waals surface area contributed by atoms with Crippen molar-refractivity contribution in [3.8, 4) is 0 Å². The molecule has 0 fully saturated rings. The highest BCUT2D eigenvalue weighted by molar-refractivity contribution is 5.23. The van der Waals surface area contributed by atoms with Crippen LogP contribution in [0.4, 0.5) is 0 Å². The summed E-state index contributed by atoms with van der Waals surface area (Å²) in [5.74, 6) is 0.965. The molecule has 17 heavy (non-hydrogen) atoms. The Morgan fingerprint density at radius 1 is 1.41 bits per heavy atom. The van der Waals surface area contributed by atoms with E-state index in [-0.39, 0.29) is 6.04 Å². The average molecular weight is 231 g/mol. The van der Waals surface area contributed by atoms with Crippen LogP contribution in [0.1, 0.15) is 23.1 Å². The number of hydrogen-bond acceptors (Lipinski definition) is 4. The van der Waals surface area contributed by atoms with Gasteiger partial charge in [0.15, 0.2) is 0 Å². The van der Waals surface area contributed by atoms with Crippen LogP contribution in [0.2, 0.25) is 0 Å². The van der Waals surface area contributed by atoms with Crippen molar-refractivity contribution in [3.05, 3.63) is 41.7 Å². The molecule has 0 aromatic carbocycles. The van der Waals surface area contributed by atoms with Gasteiger partial charge in [-0.3, -0.25) is 9.67 Å². The molecular weight excluding hydrogens is 214 g/mol. The number of nitrogens with zero attached hydrogens (tertiary/aromatic N) is 4. The van der Waals surface area contributed by atoms with E-state index in [0.29, 0.717) is 0 Å². The minimum absolute atomic E-state index is 0.214. The molecule has 0 spiro atoms. The Morgan fingerprint density at radius 2 is 2.24 bits per heavy atom. The summed E-state index contributed by atoms with van der Waals surface area (Å²) in [6.07, 6.45) is 4.20. The van der Waals surface area contributed by atoms with Crippen LogP contribution in [0.15, 0.2) is 24.7 Å². The predicted octanol–water partition coefficient (Wildman–Crippen LogP) is 1.02. The molecule has 0 aliphatic rings. The Morgan fingerprint density at radius 3 is 2.82 bits per heavy atom. The molecule has 5 heteroatoms. The maximum atomic E-state index is 4.32. The van der Waals surface area contributed by atoms with Gasteiger partial charge in [-0.05, 0) is 25.6 Å². The summed E-state index contributed by atoms with van der Waals surface area (Å²) in [5, 5.41) is 7.39. The van der Waals surface area contributed by atoms with Crippen molar-refractivity contribution in [2.24, 2.45) is 7.05 Å². The topological polar surface area (TPSA) is 55.6 Å². The maximum Gasteiger partial charge on any atom is 0.138 e. The van der Waals surface area contributed by atoms with Crippen molar-refractivity contribution in [3.63, 3.8) is 0 Å². The molecule has 2 aromatic rings. The molecule has 0 aliphatic carbocycles. The molecular formula is C12H17N5. The summed E-state index contributed by atoms with van der Waals surface area (Å²) in [4.78, 5) is 8.57. The van der Waals surface area contributed by atoms with Gasteiger partial charge in [0, 0.05) is 31.4 Å². The third-order valence-corrected chi connectivity index (χ3v) is 2.96. The molecule has 0 radical (unpaired) electrons. The quantitative estimate of drug-likeness (QED) is 0.853. The Kier molecular flexibility index (Phi) is 3.49. The third-order valence-electron chi connectivity index (χ3n) is 2.96. The highest BCUT2D eigenvalue weighted by atomic mass is 15.3. The zero-order chi connectivity index (χ0) is 12.3. The molecule has 0 saturated heterocycles. The van der Waals surface area contributed by atoms with Crippen LogP contribution in [0, 0.1) is 6.92 Å². The number of rotatable bonds is 4. The van der Waals surface area contributed by atoms with E-state index in [2.05, 4.69) is 26.4 Å². The molecule has 2 heterocycles. The molecule has 0 saturated carbocycles. The maximum absolute atomic E-state index is 4.32. The first-order valence-corrected chi connectivity index (χ1v) is 5.64. The van der Waals surface area contributed by atoms with E-state index in [1.165, 1.54) is 5.56 Å². The van der Waals surface area contributed by atoms with Crippen molar-refractivity contribution in [1.82, 2.24) is 25.1 Å². The number of aromatic nitrogens is 4. The van der Waals surface area contributed by atoms with Crippen LogP contribution in [-0.2, 0) is 13.5 Å². The van der Waals surface area contributed by atoms with Gasteiger partial charge in [-0.15, -0.1) is 0 Å². The van der Waals surface area contributed by atoms with E-state index >= 15 is 0 Å². The summed E-state index contributed by atoms with van der Waals surface area (Å²) < 4.78 is 1.80. The molecule has 90 valence electrons. The minimum atomic E-state index is 0.214. The Bertz CT molecular complexity index is 491. The lowest BCUT2D eigenvalue weighted by Crippen LogP contribution is -2.21. The lowest BCUT2D eigenvalue weighted by atomic mass is 10.0. The van der Waals surface area contributed by atoms with Gasteiger partial charge >= 0.3 is 0 Å². The largest absolute Gasteiger partial charge is 0.313 e. The number of nitrogens with one attached hydrogen (secondary N) is 1. The molecule has 1 N–H and O–H groups in total. The number of pyridine rings is 1. The summed E-state index contributed by atoms with van der Waals surface area (Å²) in [6.45, 7) is 2.02. The molecule has 1 atom stereocenters. The van der Waals surface area contributed by atoms with Crippen molar-refractivity contribution >= 4 is 0 Å². The van der Waals surface area contributed by atoms with Gasteiger partial charge in [0.1, 0.15) is 12.2 Å². The second-order valence-electron chi connectivity index (χ2n) is 4.02. The first-order chi connectivity index (χ1) is 8.22. The Hall–Kier alpha value is -1.75. The average Bonchev–Trinajstić information content (AvgIpc) is 2.73. The van der Waals surface area contributed by atoms with Gasteiger partial charge in [-0.25, -0.2) is 4.98 Å². The van der Waals surface area contributed by atoms with E-state index in [1.807, 2.05) is 33.3 Å². The van der Waals surface area contributed by atoms with Gasteiger partial charge < -0.3 is 5.32 Å². The van der Waals surface area contributed by atoms with Crippen LogP contribution >= 0.6 is 0 Å². The lowest BCUT2D eigenvalue weighted by Gasteiger charge is -2.17. The van der Waals surface area contributed by atoms with Crippen LogP contribution in [-0.4, -0.2) is 26.8 Å². The number of hydrogen-bond donors (Lipinski definition) is 1. The van der Waals surface area contributed by atoms with Crippen molar-refractivity contribution < 1.29 is 0 Å². The SMILES string of the molecule is CNC(Cc1ncnn1C)c1cccnc1C. The first-order valence-electron chi connectivity index (χ1n) is 5.64. The highest BCUT2D eigenvalue weighted by Gasteiger charge is 2.15. The fraction of sp³-hybridized carbons (Fsp3) is 0.417.